The highest BCUT2D eigenvalue weighted by Crippen LogP contribution is 2.22. The third kappa shape index (κ3) is 19.3. The molecule has 4 atom stereocenters. The van der Waals surface area contributed by atoms with E-state index in [1.165, 1.54) is 122 Å². The number of ether oxygens (including phenoxy) is 1. The summed E-state index contributed by atoms with van der Waals surface area (Å²) in [5.41, 5.74) is 0. The molecule has 0 unspecified atom stereocenters. The Morgan fingerprint density at radius 1 is 0.561 bits per heavy atom. The lowest BCUT2D eigenvalue weighted by Crippen LogP contribution is -2.60. The van der Waals surface area contributed by atoms with Gasteiger partial charge in [-0.1, -0.05) is 162 Å². The lowest BCUT2D eigenvalue weighted by molar-refractivity contribution is -0.228. The van der Waals surface area contributed by atoms with Crippen molar-refractivity contribution < 1.29 is 24.9 Å². The molecule has 1 aliphatic rings. The van der Waals surface area contributed by atoms with Gasteiger partial charge in [0, 0.05) is 13.0 Å². The van der Waals surface area contributed by atoms with Gasteiger partial charge in [0.1, 0.15) is 18.3 Å². The molecule has 1 amide bonds. The van der Waals surface area contributed by atoms with Crippen molar-refractivity contribution in [1.82, 2.24) is 4.90 Å². The normalized spacial score (nSPS) is 20.9. The molecule has 1 fully saturated rings. The standard InChI is InChI=1S/C35H69NO5/c1-3-5-7-9-11-13-14-15-16-17-18-19-21-23-25-27-29-36(35-34(40)33(39)31(37)30-41-35)32(38)28-26-24-22-20-12-10-8-6-4-2/h31,33-35,37,39-40H,3-30H2,1-2H3/t31-,33-,34+,35+/m0/s1. The van der Waals surface area contributed by atoms with Crippen LogP contribution in [0.4, 0.5) is 0 Å². The quantitative estimate of drug-likeness (QED) is 0.0804. The molecule has 0 bridgehead atoms. The predicted molar refractivity (Wildman–Crippen MR) is 171 cm³/mol. The van der Waals surface area contributed by atoms with Crippen molar-refractivity contribution in [2.75, 3.05) is 13.2 Å². The summed E-state index contributed by atoms with van der Waals surface area (Å²) in [4.78, 5) is 14.8. The largest absolute Gasteiger partial charge is 0.388 e. The molecule has 1 aliphatic heterocycles. The second kappa shape index (κ2) is 26.9. The molecule has 0 aromatic heterocycles. The van der Waals surface area contributed by atoms with E-state index in [0.29, 0.717) is 13.0 Å². The van der Waals surface area contributed by atoms with Crippen LogP contribution in [0, 0.1) is 0 Å². The first-order valence-corrected chi connectivity index (χ1v) is 18.0. The van der Waals surface area contributed by atoms with Crippen molar-refractivity contribution >= 4 is 5.91 Å². The van der Waals surface area contributed by atoms with E-state index in [4.69, 9.17) is 4.74 Å². The van der Waals surface area contributed by atoms with E-state index < -0.39 is 24.5 Å². The van der Waals surface area contributed by atoms with E-state index in [1.54, 1.807) is 4.90 Å². The van der Waals surface area contributed by atoms with Gasteiger partial charge in [-0.3, -0.25) is 4.79 Å². The zero-order chi connectivity index (χ0) is 30.0. The van der Waals surface area contributed by atoms with Crippen LogP contribution in [-0.4, -0.2) is 63.8 Å². The molecule has 0 radical (unpaired) electrons. The molecule has 0 aromatic rings. The van der Waals surface area contributed by atoms with Crippen LogP contribution in [0.15, 0.2) is 0 Å². The Balaban J connectivity index is 2.22. The van der Waals surface area contributed by atoms with E-state index >= 15 is 0 Å². The minimum Gasteiger partial charge on any atom is -0.388 e. The van der Waals surface area contributed by atoms with Crippen LogP contribution in [0.25, 0.3) is 0 Å². The SMILES string of the molecule is CCCCCCCCCCCCCCCCCCN(C(=O)CCCCCCCCCCC)[C@@H]1OC[C@H](O)[C@H](O)[C@H]1O. The number of rotatable bonds is 28. The van der Waals surface area contributed by atoms with Crippen molar-refractivity contribution in [3.63, 3.8) is 0 Å². The van der Waals surface area contributed by atoms with Gasteiger partial charge in [-0.25, -0.2) is 0 Å². The van der Waals surface area contributed by atoms with Crippen LogP contribution in [0.3, 0.4) is 0 Å². The monoisotopic (exact) mass is 584 g/mol. The maximum absolute atomic E-state index is 13.2. The number of hydrogen-bond acceptors (Lipinski definition) is 5. The summed E-state index contributed by atoms with van der Waals surface area (Å²) in [5, 5.41) is 30.6. The molecule has 41 heavy (non-hydrogen) atoms. The van der Waals surface area contributed by atoms with E-state index in [0.717, 1.165) is 38.5 Å². The van der Waals surface area contributed by atoms with Crippen LogP contribution in [-0.2, 0) is 9.53 Å². The number of hydrogen-bond donors (Lipinski definition) is 3. The number of carbonyl (C=O) groups is 1. The third-order valence-corrected chi connectivity index (χ3v) is 8.85. The lowest BCUT2D eigenvalue weighted by atomic mass is 10.0. The highest BCUT2D eigenvalue weighted by molar-refractivity contribution is 5.76. The number of nitrogens with zero attached hydrogens (tertiary/aromatic N) is 1. The Bertz CT molecular complexity index is 589. The van der Waals surface area contributed by atoms with Crippen LogP contribution < -0.4 is 0 Å². The summed E-state index contributed by atoms with van der Waals surface area (Å²) >= 11 is 0. The van der Waals surface area contributed by atoms with Gasteiger partial charge in [-0.15, -0.1) is 0 Å². The molecular formula is C35H69NO5. The molecule has 6 nitrogen and oxygen atoms in total. The van der Waals surface area contributed by atoms with Gasteiger partial charge in [-0.05, 0) is 12.8 Å². The molecular weight excluding hydrogens is 514 g/mol. The lowest BCUT2D eigenvalue weighted by Gasteiger charge is -2.41. The van der Waals surface area contributed by atoms with Crippen LogP contribution in [0.1, 0.15) is 181 Å². The topological polar surface area (TPSA) is 90.2 Å². The second-order valence-corrected chi connectivity index (χ2v) is 12.7. The number of amides is 1. The average molecular weight is 584 g/mol. The highest BCUT2D eigenvalue weighted by Gasteiger charge is 2.41. The number of aliphatic hydroxyl groups is 3. The molecule has 1 heterocycles. The Hall–Kier alpha value is -0.690. The van der Waals surface area contributed by atoms with Crippen LogP contribution >= 0.6 is 0 Å². The second-order valence-electron chi connectivity index (χ2n) is 12.7. The Morgan fingerprint density at radius 2 is 0.927 bits per heavy atom. The van der Waals surface area contributed by atoms with Crippen molar-refractivity contribution in [3.05, 3.63) is 0 Å². The Morgan fingerprint density at radius 3 is 1.34 bits per heavy atom. The minimum absolute atomic E-state index is 0.0125. The molecule has 3 N–H and O–H groups in total. The molecule has 0 aliphatic carbocycles. The molecule has 0 spiro atoms. The van der Waals surface area contributed by atoms with Crippen LogP contribution in [0.5, 0.6) is 0 Å². The fourth-order valence-corrected chi connectivity index (χ4v) is 6.02. The fourth-order valence-electron chi connectivity index (χ4n) is 6.02. The summed E-state index contributed by atoms with van der Waals surface area (Å²) in [6.07, 6.45) is 27.4. The van der Waals surface area contributed by atoms with Gasteiger partial charge >= 0.3 is 0 Å². The molecule has 244 valence electrons. The first kappa shape index (κ1) is 38.3. The van der Waals surface area contributed by atoms with Gasteiger partial charge in [0.2, 0.25) is 5.91 Å². The maximum Gasteiger partial charge on any atom is 0.224 e. The van der Waals surface area contributed by atoms with Crippen molar-refractivity contribution in [3.8, 4) is 0 Å². The van der Waals surface area contributed by atoms with Gasteiger partial charge in [-0.2, -0.15) is 0 Å². The van der Waals surface area contributed by atoms with Gasteiger partial charge in [0.05, 0.1) is 6.61 Å². The third-order valence-electron chi connectivity index (χ3n) is 8.85. The molecule has 1 saturated heterocycles. The van der Waals surface area contributed by atoms with E-state index in [1.807, 2.05) is 0 Å². The molecule has 1 rings (SSSR count). The predicted octanol–water partition coefficient (Wildman–Crippen LogP) is 8.44. The van der Waals surface area contributed by atoms with Crippen molar-refractivity contribution in [2.24, 2.45) is 0 Å². The summed E-state index contributed by atoms with van der Waals surface area (Å²) in [6.45, 7) is 4.97. The van der Waals surface area contributed by atoms with Crippen molar-refractivity contribution in [1.29, 1.82) is 0 Å². The fraction of sp³-hybridized carbons (Fsp3) is 0.971. The van der Waals surface area contributed by atoms with Gasteiger partial charge < -0.3 is 25.0 Å². The molecule has 6 heteroatoms. The smallest absolute Gasteiger partial charge is 0.224 e. The number of unbranched alkanes of at least 4 members (excludes halogenated alkanes) is 23. The first-order valence-electron chi connectivity index (χ1n) is 18.0. The summed E-state index contributed by atoms with van der Waals surface area (Å²) in [6, 6.07) is 0. The van der Waals surface area contributed by atoms with E-state index in [9.17, 15) is 20.1 Å². The number of carbonyl (C=O) groups excluding carboxylic acids is 1. The minimum atomic E-state index is -1.29. The molecule has 0 aromatic carbocycles. The summed E-state index contributed by atoms with van der Waals surface area (Å²) < 4.78 is 5.67. The first-order chi connectivity index (χ1) is 20.0. The number of aliphatic hydroxyl groups excluding tert-OH is 3. The Kier molecular flexibility index (Phi) is 25.2. The summed E-state index contributed by atoms with van der Waals surface area (Å²) in [7, 11) is 0. The van der Waals surface area contributed by atoms with Gasteiger partial charge in [0.15, 0.2) is 6.23 Å². The van der Waals surface area contributed by atoms with E-state index in [-0.39, 0.29) is 12.5 Å². The van der Waals surface area contributed by atoms with Gasteiger partial charge in [0.25, 0.3) is 0 Å². The summed E-state index contributed by atoms with van der Waals surface area (Å²) in [5.74, 6) is -0.0125. The maximum atomic E-state index is 13.2. The van der Waals surface area contributed by atoms with Crippen LogP contribution in [0.2, 0.25) is 0 Å². The molecule has 0 saturated carbocycles. The average Bonchev–Trinajstić information content (AvgIpc) is 2.97. The zero-order valence-electron chi connectivity index (χ0n) is 27.2. The zero-order valence-corrected chi connectivity index (χ0v) is 27.2. The highest BCUT2D eigenvalue weighted by atomic mass is 16.5. The van der Waals surface area contributed by atoms with E-state index in [2.05, 4.69) is 13.8 Å². The van der Waals surface area contributed by atoms with Crippen molar-refractivity contribution in [2.45, 2.75) is 205 Å². The Labute approximate surface area is 254 Å².